The molecule has 1 aliphatic carbocycles. The van der Waals surface area contributed by atoms with Crippen LogP contribution in [0.1, 0.15) is 31.2 Å². The molecule has 2 N–H and O–H groups in total. The zero-order chi connectivity index (χ0) is 16.9. The number of nitrogens with one attached hydrogen (secondary N) is 2. The van der Waals surface area contributed by atoms with E-state index in [4.69, 9.17) is 4.74 Å². The Balaban J connectivity index is 1.48. The highest BCUT2D eigenvalue weighted by molar-refractivity contribution is 5.74. The number of carbonyl (C=O) groups is 1. The zero-order valence-corrected chi connectivity index (χ0v) is 13.3. The van der Waals surface area contributed by atoms with Crippen LogP contribution in [-0.4, -0.2) is 31.4 Å². The van der Waals surface area contributed by atoms with Gasteiger partial charge in [-0.15, -0.1) is 0 Å². The smallest absolute Gasteiger partial charge is 0.387 e. The van der Waals surface area contributed by atoms with E-state index in [9.17, 15) is 13.6 Å². The molecule has 132 valence electrons. The van der Waals surface area contributed by atoms with Gasteiger partial charge in [0.2, 0.25) is 0 Å². The van der Waals surface area contributed by atoms with Gasteiger partial charge in [0.15, 0.2) is 0 Å². The van der Waals surface area contributed by atoms with Gasteiger partial charge in [-0.3, -0.25) is 0 Å². The Bertz CT molecular complexity index is 571. The van der Waals surface area contributed by atoms with Crippen molar-refractivity contribution in [1.82, 2.24) is 10.6 Å². The zero-order valence-electron chi connectivity index (χ0n) is 13.3. The van der Waals surface area contributed by atoms with Gasteiger partial charge in [0.25, 0.3) is 0 Å². The topological polar surface area (TPSA) is 59.6 Å². The fourth-order valence-electron chi connectivity index (χ4n) is 3.59. The average molecular weight is 340 g/mol. The number of rotatable bonds is 5. The summed E-state index contributed by atoms with van der Waals surface area (Å²) in [6, 6.07) is 6.22. The number of carbonyl (C=O) groups excluding carboxylic acids is 1. The second kappa shape index (κ2) is 7.79. The summed E-state index contributed by atoms with van der Waals surface area (Å²) in [7, 11) is 0. The van der Waals surface area contributed by atoms with Crippen molar-refractivity contribution in [2.75, 3.05) is 6.61 Å². The summed E-state index contributed by atoms with van der Waals surface area (Å²) in [5.74, 6) is 0.482. The predicted octanol–water partition coefficient (Wildman–Crippen LogP) is 3.04. The molecule has 2 amide bonds. The average Bonchev–Trinajstić information content (AvgIpc) is 3.02. The van der Waals surface area contributed by atoms with Crippen LogP contribution in [0.25, 0.3) is 0 Å². The molecule has 5 nitrogen and oxygen atoms in total. The van der Waals surface area contributed by atoms with Crippen LogP contribution < -0.4 is 15.4 Å². The van der Waals surface area contributed by atoms with Gasteiger partial charge in [0.05, 0.1) is 6.10 Å². The number of hydrogen-bond acceptors (Lipinski definition) is 3. The van der Waals surface area contributed by atoms with Crippen LogP contribution in [0.4, 0.5) is 13.6 Å². The van der Waals surface area contributed by atoms with Crippen molar-refractivity contribution in [3.8, 4) is 5.75 Å². The molecular weight excluding hydrogens is 318 g/mol. The van der Waals surface area contributed by atoms with Crippen molar-refractivity contribution < 1.29 is 23.0 Å². The fraction of sp³-hybridized carbons (Fsp3) is 0.588. The van der Waals surface area contributed by atoms with Crippen molar-refractivity contribution in [2.24, 2.45) is 5.92 Å². The molecule has 1 aromatic rings. The molecule has 0 radical (unpaired) electrons. The lowest BCUT2D eigenvalue weighted by molar-refractivity contribution is -0.0498. The van der Waals surface area contributed by atoms with Gasteiger partial charge in [0.1, 0.15) is 5.75 Å². The molecule has 24 heavy (non-hydrogen) atoms. The summed E-state index contributed by atoms with van der Waals surface area (Å²) in [5, 5.41) is 5.80. The lowest BCUT2D eigenvalue weighted by Crippen LogP contribution is -2.49. The minimum atomic E-state index is -2.86. The van der Waals surface area contributed by atoms with Gasteiger partial charge < -0.3 is 20.1 Å². The van der Waals surface area contributed by atoms with E-state index in [1.54, 1.807) is 12.1 Å². The van der Waals surface area contributed by atoms with E-state index in [2.05, 4.69) is 15.4 Å². The molecule has 0 unspecified atom stereocenters. The Hall–Kier alpha value is -1.89. The number of hydrogen-bond donors (Lipinski definition) is 2. The lowest BCUT2D eigenvalue weighted by atomic mass is 9.82. The predicted molar refractivity (Wildman–Crippen MR) is 83.9 cm³/mol. The van der Waals surface area contributed by atoms with Crippen LogP contribution in [0, 0.1) is 5.92 Å². The van der Waals surface area contributed by atoms with E-state index in [1.807, 2.05) is 0 Å². The van der Waals surface area contributed by atoms with E-state index < -0.39 is 6.61 Å². The summed E-state index contributed by atoms with van der Waals surface area (Å²) in [6.45, 7) is -1.83. The molecule has 1 saturated heterocycles. The molecule has 1 saturated carbocycles. The van der Waals surface area contributed by atoms with Gasteiger partial charge in [-0.1, -0.05) is 12.1 Å². The molecule has 0 aromatic heterocycles. The molecule has 1 aromatic carbocycles. The fourth-order valence-corrected chi connectivity index (χ4v) is 3.59. The Labute approximate surface area is 139 Å². The van der Waals surface area contributed by atoms with Crippen LogP contribution in [0.2, 0.25) is 0 Å². The number of urea groups is 1. The lowest BCUT2D eigenvalue weighted by Gasteiger charge is -2.33. The number of fused-ring (bicyclic) bond motifs is 1. The van der Waals surface area contributed by atoms with Crippen LogP contribution in [0.15, 0.2) is 24.3 Å². The van der Waals surface area contributed by atoms with Crippen molar-refractivity contribution in [2.45, 2.75) is 51.0 Å². The molecule has 3 rings (SSSR count). The first kappa shape index (κ1) is 17.0. The summed E-state index contributed by atoms with van der Waals surface area (Å²) in [5.41, 5.74) is 0.703. The van der Waals surface area contributed by atoms with E-state index in [-0.39, 0.29) is 30.5 Å². The molecule has 1 heterocycles. The van der Waals surface area contributed by atoms with Crippen molar-refractivity contribution in [3.05, 3.63) is 29.8 Å². The monoisotopic (exact) mass is 340 g/mol. The van der Waals surface area contributed by atoms with Crippen LogP contribution in [0.3, 0.4) is 0 Å². The minimum Gasteiger partial charge on any atom is -0.435 e. The molecule has 2 aliphatic rings. The first-order valence-electron chi connectivity index (χ1n) is 8.31. The summed E-state index contributed by atoms with van der Waals surface area (Å²) < 4.78 is 34.5. The maximum atomic E-state index is 12.2. The van der Waals surface area contributed by atoms with E-state index in [1.165, 1.54) is 12.1 Å². The second-order valence-corrected chi connectivity index (χ2v) is 6.25. The third kappa shape index (κ3) is 4.35. The molecule has 2 fully saturated rings. The van der Waals surface area contributed by atoms with E-state index in [0.717, 1.165) is 32.3 Å². The maximum absolute atomic E-state index is 12.2. The SMILES string of the molecule is O=C(NCc1cccc(OC(F)F)c1)N[C@@H]1CCC[C@@H]2OCC[C@H]21. The highest BCUT2D eigenvalue weighted by Gasteiger charge is 2.38. The molecule has 3 atom stereocenters. The highest BCUT2D eigenvalue weighted by atomic mass is 19.3. The summed E-state index contributed by atoms with van der Waals surface area (Å²) >= 11 is 0. The first-order valence-corrected chi connectivity index (χ1v) is 8.31. The summed E-state index contributed by atoms with van der Waals surface area (Å²) in [4.78, 5) is 12.1. The number of amides is 2. The Morgan fingerprint density at radius 1 is 1.33 bits per heavy atom. The van der Waals surface area contributed by atoms with Crippen molar-refractivity contribution in [3.63, 3.8) is 0 Å². The summed E-state index contributed by atoms with van der Waals surface area (Å²) in [6.07, 6.45) is 4.35. The van der Waals surface area contributed by atoms with Gasteiger partial charge >= 0.3 is 12.6 Å². The molecular formula is C17H22F2N2O3. The van der Waals surface area contributed by atoms with Crippen molar-refractivity contribution in [1.29, 1.82) is 0 Å². The molecule has 0 bridgehead atoms. The standard InChI is InChI=1S/C17H22F2N2O3/c18-16(19)24-12-4-1-3-11(9-12)10-20-17(22)21-14-5-2-6-15-13(14)7-8-23-15/h1,3-4,9,13-16H,2,5-8,10H2,(H2,20,21,22)/t13-,14+,15-/m0/s1. The molecule has 0 spiro atoms. The third-order valence-electron chi connectivity index (χ3n) is 4.67. The number of halogens is 2. The largest absolute Gasteiger partial charge is 0.435 e. The van der Waals surface area contributed by atoms with Gasteiger partial charge in [0, 0.05) is 25.1 Å². The quantitative estimate of drug-likeness (QED) is 0.866. The van der Waals surface area contributed by atoms with Crippen molar-refractivity contribution >= 4 is 6.03 Å². The third-order valence-corrected chi connectivity index (χ3v) is 4.67. The van der Waals surface area contributed by atoms with Gasteiger partial charge in [-0.05, 0) is 43.4 Å². The van der Waals surface area contributed by atoms with Crippen LogP contribution in [0.5, 0.6) is 5.75 Å². The van der Waals surface area contributed by atoms with Crippen LogP contribution >= 0.6 is 0 Å². The molecule has 1 aliphatic heterocycles. The number of alkyl halides is 2. The number of ether oxygens (including phenoxy) is 2. The number of benzene rings is 1. The normalized spacial score (nSPS) is 26.0. The Morgan fingerprint density at radius 3 is 3.04 bits per heavy atom. The Kier molecular flexibility index (Phi) is 5.50. The van der Waals surface area contributed by atoms with E-state index >= 15 is 0 Å². The molecule has 7 heteroatoms. The van der Waals surface area contributed by atoms with Gasteiger partial charge in [-0.2, -0.15) is 8.78 Å². The Morgan fingerprint density at radius 2 is 2.21 bits per heavy atom. The van der Waals surface area contributed by atoms with E-state index in [0.29, 0.717) is 11.5 Å². The minimum absolute atomic E-state index is 0.0861. The van der Waals surface area contributed by atoms with Gasteiger partial charge in [-0.25, -0.2) is 4.79 Å². The highest BCUT2D eigenvalue weighted by Crippen LogP contribution is 2.34. The van der Waals surface area contributed by atoms with Crippen LogP contribution in [-0.2, 0) is 11.3 Å². The maximum Gasteiger partial charge on any atom is 0.387 e. The first-order chi connectivity index (χ1) is 11.6. The second-order valence-electron chi connectivity index (χ2n) is 6.25.